The maximum atomic E-state index is 10.9. The third kappa shape index (κ3) is 8.21. The number of hydrogen-bond donors (Lipinski definition) is 0. The van der Waals surface area contributed by atoms with Gasteiger partial charge in [0.25, 0.3) is 0 Å². The highest BCUT2D eigenvalue weighted by molar-refractivity contribution is 7.33. The molecular formula is C7H17O4P. The van der Waals surface area contributed by atoms with Crippen molar-refractivity contribution in [3.05, 3.63) is 0 Å². The first-order chi connectivity index (χ1) is 5.52. The molecule has 1 atom stereocenters. The summed E-state index contributed by atoms with van der Waals surface area (Å²) in [6.45, 7) is 7.39. The van der Waals surface area contributed by atoms with E-state index in [9.17, 15) is 4.57 Å². The van der Waals surface area contributed by atoms with Crippen molar-refractivity contribution in [1.29, 1.82) is 0 Å². The van der Waals surface area contributed by atoms with Crippen molar-refractivity contribution in [1.82, 2.24) is 0 Å². The van der Waals surface area contributed by atoms with E-state index in [1.54, 1.807) is 13.8 Å². The molecule has 0 heterocycles. The molecule has 0 N–H and O–H groups in total. The Morgan fingerprint density at radius 2 is 1.75 bits per heavy atom. The number of ether oxygens (including phenoxy) is 1. The van der Waals surface area contributed by atoms with Gasteiger partial charge in [-0.2, -0.15) is 0 Å². The molecule has 0 spiro atoms. The molecular weight excluding hydrogens is 179 g/mol. The van der Waals surface area contributed by atoms with Crippen molar-refractivity contribution < 1.29 is 18.3 Å². The van der Waals surface area contributed by atoms with Crippen LogP contribution in [-0.4, -0.2) is 19.0 Å². The Morgan fingerprint density at radius 1 is 1.17 bits per heavy atom. The lowest BCUT2D eigenvalue weighted by Gasteiger charge is -2.09. The Morgan fingerprint density at radius 3 is 2.17 bits per heavy atom. The molecule has 5 heteroatoms. The second kappa shape index (κ2) is 6.61. The zero-order valence-corrected chi connectivity index (χ0v) is 8.99. The molecule has 0 saturated carbocycles. The minimum Gasteiger partial charge on any atom is -0.352 e. The molecule has 0 bridgehead atoms. The summed E-state index contributed by atoms with van der Waals surface area (Å²) in [7, 11) is -2.36. The number of hydrogen-bond acceptors (Lipinski definition) is 4. The second-order valence-electron chi connectivity index (χ2n) is 2.89. The third-order valence-corrected chi connectivity index (χ3v) is 1.93. The van der Waals surface area contributed by atoms with Crippen molar-refractivity contribution in [2.75, 3.05) is 6.79 Å². The fraction of sp³-hybridized carbons (Fsp3) is 1.00. The second-order valence-corrected chi connectivity index (χ2v) is 3.92. The molecule has 0 aromatic carbocycles. The van der Waals surface area contributed by atoms with E-state index in [4.69, 9.17) is 13.8 Å². The molecule has 0 radical (unpaired) electrons. The first-order valence-electron chi connectivity index (χ1n) is 3.97. The van der Waals surface area contributed by atoms with Crippen LogP contribution in [0.15, 0.2) is 0 Å². The fourth-order valence-corrected chi connectivity index (χ4v) is 1.06. The van der Waals surface area contributed by atoms with Crippen LogP contribution >= 0.6 is 8.25 Å². The average molecular weight is 196 g/mol. The molecule has 4 nitrogen and oxygen atoms in total. The Labute approximate surface area is 74.1 Å². The lowest BCUT2D eigenvalue weighted by molar-refractivity contribution is -0.0249. The van der Waals surface area contributed by atoms with Gasteiger partial charge < -0.3 is 9.26 Å². The Kier molecular flexibility index (Phi) is 6.67. The van der Waals surface area contributed by atoms with E-state index in [1.807, 2.05) is 13.8 Å². The highest BCUT2D eigenvalue weighted by atomic mass is 31.1. The van der Waals surface area contributed by atoms with Crippen molar-refractivity contribution in [2.24, 2.45) is 0 Å². The van der Waals surface area contributed by atoms with Crippen LogP contribution in [0.25, 0.3) is 0 Å². The van der Waals surface area contributed by atoms with E-state index in [2.05, 4.69) is 0 Å². The summed E-state index contributed by atoms with van der Waals surface area (Å²) in [5.41, 5.74) is 0. The van der Waals surface area contributed by atoms with Crippen molar-refractivity contribution in [3.8, 4) is 0 Å². The number of rotatable bonds is 6. The van der Waals surface area contributed by atoms with Gasteiger partial charge in [-0.25, -0.2) is 0 Å². The predicted octanol–water partition coefficient (Wildman–Crippen LogP) is 2.20. The smallest absolute Gasteiger partial charge is 0.321 e. The van der Waals surface area contributed by atoms with Gasteiger partial charge in [0.1, 0.15) is 0 Å². The summed E-state index contributed by atoms with van der Waals surface area (Å²) in [4.78, 5) is 0. The van der Waals surface area contributed by atoms with Crippen LogP contribution < -0.4 is 0 Å². The van der Waals surface area contributed by atoms with E-state index in [0.29, 0.717) is 0 Å². The Bertz CT molecular complexity index is 135. The monoisotopic (exact) mass is 196 g/mol. The van der Waals surface area contributed by atoms with Crippen LogP contribution in [0.5, 0.6) is 0 Å². The largest absolute Gasteiger partial charge is 0.352 e. The first-order valence-corrected chi connectivity index (χ1v) is 5.20. The van der Waals surface area contributed by atoms with Gasteiger partial charge in [-0.15, -0.1) is 0 Å². The average Bonchev–Trinajstić information content (AvgIpc) is 1.84. The van der Waals surface area contributed by atoms with Gasteiger partial charge in [0.15, 0.2) is 6.79 Å². The van der Waals surface area contributed by atoms with Crippen LogP contribution in [0.3, 0.4) is 0 Å². The topological polar surface area (TPSA) is 44.8 Å². The standard InChI is InChI=1S/C7H17O4P/c1-6(2)9-5-10-12(8)11-7(3)4/h6-7,12H,5H2,1-4H3. The molecule has 0 aliphatic carbocycles. The minimum absolute atomic E-state index is 0.0299. The van der Waals surface area contributed by atoms with Crippen molar-refractivity contribution in [2.45, 2.75) is 39.9 Å². The molecule has 0 aliphatic rings. The van der Waals surface area contributed by atoms with E-state index >= 15 is 0 Å². The van der Waals surface area contributed by atoms with Crippen LogP contribution in [0.2, 0.25) is 0 Å². The molecule has 1 unspecified atom stereocenters. The van der Waals surface area contributed by atoms with Crippen LogP contribution in [0, 0.1) is 0 Å². The lowest BCUT2D eigenvalue weighted by Crippen LogP contribution is -2.05. The lowest BCUT2D eigenvalue weighted by atomic mass is 10.5. The highest BCUT2D eigenvalue weighted by Gasteiger charge is 2.02. The zero-order chi connectivity index (χ0) is 9.56. The Balaban J connectivity index is 3.32. The molecule has 12 heavy (non-hydrogen) atoms. The summed E-state index contributed by atoms with van der Waals surface area (Å²) >= 11 is 0. The first kappa shape index (κ1) is 12.1. The minimum atomic E-state index is -2.36. The van der Waals surface area contributed by atoms with Gasteiger partial charge in [0, 0.05) is 0 Å². The summed E-state index contributed by atoms with van der Waals surface area (Å²) in [6, 6.07) is 0. The van der Waals surface area contributed by atoms with E-state index < -0.39 is 8.25 Å². The van der Waals surface area contributed by atoms with Gasteiger partial charge in [-0.3, -0.25) is 9.09 Å². The molecule has 74 valence electrons. The molecule has 0 saturated heterocycles. The van der Waals surface area contributed by atoms with Crippen LogP contribution in [-0.2, 0) is 18.3 Å². The molecule has 0 fully saturated rings. The van der Waals surface area contributed by atoms with Gasteiger partial charge in [0.05, 0.1) is 12.2 Å². The zero-order valence-electron chi connectivity index (χ0n) is 7.99. The summed E-state index contributed by atoms with van der Waals surface area (Å²) in [6.07, 6.45) is 0.00860. The maximum Gasteiger partial charge on any atom is 0.321 e. The van der Waals surface area contributed by atoms with E-state index in [1.165, 1.54) is 0 Å². The van der Waals surface area contributed by atoms with Gasteiger partial charge in [0.2, 0.25) is 0 Å². The summed E-state index contributed by atoms with van der Waals surface area (Å²) in [5, 5.41) is 0. The quantitative estimate of drug-likeness (QED) is 0.482. The maximum absolute atomic E-state index is 10.9. The Hall–Kier alpha value is 0.110. The van der Waals surface area contributed by atoms with Crippen LogP contribution in [0.1, 0.15) is 27.7 Å². The molecule has 0 aliphatic heterocycles. The van der Waals surface area contributed by atoms with Gasteiger partial charge in [-0.05, 0) is 27.7 Å². The SMILES string of the molecule is CC(C)OCO[PH](=O)OC(C)C. The highest BCUT2D eigenvalue weighted by Crippen LogP contribution is 2.25. The van der Waals surface area contributed by atoms with E-state index in [-0.39, 0.29) is 19.0 Å². The third-order valence-electron chi connectivity index (χ3n) is 0.910. The van der Waals surface area contributed by atoms with Crippen LogP contribution in [0.4, 0.5) is 0 Å². The van der Waals surface area contributed by atoms with Crippen molar-refractivity contribution >= 4 is 8.25 Å². The molecule has 0 amide bonds. The summed E-state index contributed by atoms with van der Waals surface area (Å²) in [5.74, 6) is 0. The fourth-order valence-electron chi connectivity index (χ4n) is 0.445. The van der Waals surface area contributed by atoms with Gasteiger partial charge in [-0.1, -0.05) is 0 Å². The molecule has 0 aromatic rings. The molecule has 0 aromatic heterocycles. The predicted molar refractivity (Wildman–Crippen MR) is 47.4 cm³/mol. The van der Waals surface area contributed by atoms with Gasteiger partial charge >= 0.3 is 8.25 Å². The normalized spacial score (nSPS) is 14.2. The van der Waals surface area contributed by atoms with Crippen molar-refractivity contribution in [3.63, 3.8) is 0 Å². The molecule has 0 rings (SSSR count). The summed E-state index contributed by atoms with van der Waals surface area (Å²) < 4.78 is 25.6. The van der Waals surface area contributed by atoms with E-state index in [0.717, 1.165) is 0 Å².